The molecular formula is C13H7ClFN3O2. The van der Waals surface area contributed by atoms with Crippen molar-refractivity contribution in [3.63, 3.8) is 0 Å². The van der Waals surface area contributed by atoms with Gasteiger partial charge in [-0.25, -0.2) is 4.39 Å². The Kier molecular flexibility index (Phi) is 3.82. The number of nitriles is 1. The van der Waals surface area contributed by atoms with Gasteiger partial charge in [0.2, 0.25) is 0 Å². The van der Waals surface area contributed by atoms with Crippen LogP contribution in [0.4, 0.5) is 21.5 Å². The largest absolute Gasteiger partial charge is 0.352 e. The number of rotatable bonds is 3. The first-order valence-electron chi connectivity index (χ1n) is 5.42. The molecule has 7 heteroatoms. The van der Waals surface area contributed by atoms with Crippen LogP contribution in [0.5, 0.6) is 0 Å². The van der Waals surface area contributed by atoms with Gasteiger partial charge in [-0.2, -0.15) is 5.26 Å². The van der Waals surface area contributed by atoms with Crippen LogP contribution < -0.4 is 5.32 Å². The lowest BCUT2D eigenvalue weighted by atomic mass is 10.1. The Balaban J connectivity index is 2.41. The van der Waals surface area contributed by atoms with Gasteiger partial charge in [0.15, 0.2) is 0 Å². The van der Waals surface area contributed by atoms with Crippen molar-refractivity contribution in [1.82, 2.24) is 0 Å². The maximum Gasteiger partial charge on any atom is 0.287 e. The third kappa shape index (κ3) is 2.68. The van der Waals surface area contributed by atoms with Gasteiger partial charge in [0.1, 0.15) is 17.4 Å². The molecule has 100 valence electrons. The Morgan fingerprint density at radius 1 is 1.35 bits per heavy atom. The highest BCUT2D eigenvalue weighted by molar-refractivity contribution is 6.33. The van der Waals surface area contributed by atoms with Crippen LogP contribution in [0, 0.1) is 27.3 Å². The lowest BCUT2D eigenvalue weighted by Gasteiger charge is -2.09. The van der Waals surface area contributed by atoms with E-state index in [1.807, 2.05) is 0 Å². The summed E-state index contributed by atoms with van der Waals surface area (Å²) in [5.74, 6) is -0.561. The van der Waals surface area contributed by atoms with Gasteiger partial charge in [-0.3, -0.25) is 10.1 Å². The number of nitrogens with one attached hydrogen (secondary N) is 1. The summed E-state index contributed by atoms with van der Waals surface area (Å²) in [6, 6.07) is 9.73. The predicted molar refractivity (Wildman–Crippen MR) is 72.5 cm³/mol. The van der Waals surface area contributed by atoms with E-state index in [1.54, 1.807) is 6.07 Å². The van der Waals surface area contributed by atoms with E-state index in [4.69, 9.17) is 16.9 Å². The highest BCUT2D eigenvalue weighted by atomic mass is 35.5. The highest BCUT2D eigenvalue weighted by Gasteiger charge is 2.15. The molecule has 0 aromatic heterocycles. The fourth-order valence-electron chi connectivity index (χ4n) is 1.62. The van der Waals surface area contributed by atoms with Gasteiger partial charge in [-0.15, -0.1) is 0 Å². The van der Waals surface area contributed by atoms with E-state index in [1.165, 1.54) is 36.4 Å². The summed E-state index contributed by atoms with van der Waals surface area (Å²) in [6.07, 6.45) is 0. The van der Waals surface area contributed by atoms with E-state index in [9.17, 15) is 14.5 Å². The fourth-order valence-corrected chi connectivity index (χ4v) is 1.83. The van der Waals surface area contributed by atoms with Crippen LogP contribution in [0.2, 0.25) is 5.02 Å². The van der Waals surface area contributed by atoms with E-state index >= 15 is 0 Å². The smallest absolute Gasteiger partial charge is 0.287 e. The van der Waals surface area contributed by atoms with E-state index in [-0.39, 0.29) is 22.0 Å². The summed E-state index contributed by atoms with van der Waals surface area (Å²) in [7, 11) is 0. The summed E-state index contributed by atoms with van der Waals surface area (Å²) < 4.78 is 13.6. The molecule has 5 nitrogen and oxygen atoms in total. The molecule has 0 aliphatic rings. The topological polar surface area (TPSA) is 79.0 Å². The summed E-state index contributed by atoms with van der Waals surface area (Å²) in [5.41, 5.74) is -0.0452. The van der Waals surface area contributed by atoms with Crippen molar-refractivity contribution in [3.05, 3.63) is 62.9 Å². The van der Waals surface area contributed by atoms with Crippen LogP contribution >= 0.6 is 11.6 Å². The zero-order chi connectivity index (χ0) is 14.7. The molecule has 20 heavy (non-hydrogen) atoms. The normalized spacial score (nSPS) is 9.85. The molecule has 0 radical (unpaired) electrons. The molecule has 2 rings (SSSR count). The molecule has 1 N–H and O–H groups in total. The number of para-hydroxylation sites is 1. The van der Waals surface area contributed by atoms with Crippen LogP contribution in [-0.2, 0) is 0 Å². The Morgan fingerprint density at radius 2 is 2.10 bits per heavy atom. The molecule has 0 saturated heterocycles. The lowest BCUT2D eigenvalue weighted by Crippen LogP contribution is -1.97. The number of halogens is 2. The average Bonchev–Trinajstić information content (AvgIpc) is 2.42. The zero-order valence-corrected chi connectivity index (χ0v) is 10.7. The standard InChI is InChI=1S/C13H7ClFN3O2/c14-10-2-1-3-11(15)13(10)17-9-4-5-12(18(19)20)8(6-9)7-16/h1-6,17H. The molecule has 2 aromatic carbocycles. The number of hydrogen-bond donors (Lipinski definition) is 1. The molecule has 0 amide bonds. The first-order chi connectivity index (χ1) is 9.52. The van der Waals surface area contributed by atoms with Crippen LogP contribution in [0.3, 0.4) is 0 Å². The number of hydrogen-bond acceptors (Lipinski definition) is 4. The minimum atomic E-state index is -0.654. The van der Waals surface area contributed by atoms with Gasteiger partial charge < -0.3 is 5.32 Å². The molecule has 2 aromatic rings. The average molecular weight is 292 g/mol. The number of nitro benzene ring substituents is 1. The van der Waals surface area contributed by atoms with E-state index in [2.05, 4.69) is 5.32 Å². The summed E-state index contributed by atoms with van der Waals surface area (Å²) in [4.78, 5) is 10.1. The first-order valence-corrected chi connectivity index (χ1v) is 5.80. The second kappa shape index (κ2) is 5.55. The van der Waals surface area contributed by atoms with Crippen LogP contribution in [0.1, 0.15) is 5.56 Å². The van der Waals surface area contributed by atoms with Gasteiger partial charge >= 0.3 is 0 Å². The monoisotopic (exact) mass is 291 g/mol. The van der Waals surface area contributed by atoms with E-state index in [0.29, 0.717) is 5.69 Å². The maximum absolute atomic E-state index is 13.6. The van der Waals surface area contributed by atoms with Gasteiger partial charge in [0.05, 0.1) is 15.6 Å². The zero-order valence-electron chi connectivity index (χ0n) is 9.93. The molecular weight excluding hydrogens is 285 g/mol. The van der Waals surface area contributed by atoms with Crippen molar-refractivity contribution >= 4 is 28.7 Å². The third-order valence-electron chi connectivity index (χ3n) is 2.55. The fraction of sp³-hybridized carbons (Fsp3) is 0. The van der Waals surface area contributed by atoms with E-state index < -0.39 is 10.7 Å². The van der Waals surface area contributed by atoms with Gasteiger partial charge in [0, 0.05) is 11.8 Å². The molecule has 0 spiro atoms. The van der Waals surface area contributed by atoms with Gasteiger partial charge in [-0.05, 0) is 24.3 Å². The molecule has 0 aliphatic heterocycles. The van der Waals surface area contributed by atoms with Crippen LogP contribution in [-0.4, -0.2) is 4.92 Å². The number of benzene rings is 2. The van der Waals surface area contributed by atoms with Crippen molar-refractivity contribution < 1.29 is 9.31 Å². The van der Waals surface area contributed by atoms with Crippen molar-refractivity contribution in [3.8, 4) is 6.07 Å². The quantitative estimate of drug-likeness (QED) is 0.684. The maximum atomic E-state index is 13.6. The molecule has 0 fully saturated rings. The molecule has 0 aliphatic carbocycles. The van der Waals surface area contributed by atoms with Crippen molar-refractivity contribution in [1.29, 1.82) is 5.26 Å². The number of nitrogens with zero attached hydrogens (tertiary/aromatic N) is 2. The SMILES string of the molecule is N#Cc1cc(Nc2c(F)cccc2Cl)ccc1[N+](=O)[O-]. The molecule has 0 unspecified atom stereocenters. The Morgan fingerprint density at radius 3 is 2.70 bits per heavy atom. The van der Waals surface area contributed by atoms with Crippen molar-refractivity contribution in [2.24, 2.45) is 0 Å². The third-order valence-corrected chi connectivity index (χ3v) is 2.86. The Labute approximate surface area is 118 Å². The summed E-state index contributed by atoms with van der Waals surface area (Å²) in [6.45, 7) is 0. The van der Waals surface area contributed by atoms with Gasteiger partial charge in [0.25, 0.3) is 5.69 Å². The first kappa shape index (κ1) is 13.8. The summed E-state index contributed by atoms with van der Waals surface area (Å²) in [5, 5.41) is 22.5. The van der Waals surface area contributed by atoms with Crippen molar-refractivity contribution in [2.75, 3.05) is 5.32 Å². The lowest BCUT2D eigenvalue weighted by molar-refractivity contribution is -0.385. The molecule has 0 atom stereocenters. The van der Waals surface area contributed by atoms with Crippen LogP contribution in [0.15, 0.2) is 36.4 Å². The van der Waals surface area contributed by atoms with Crippen molar-refractivity contribution in [2.45, 2.75) is 0 Å². The Hall–Kier alpha value is -2.65. The minimum absolute atomic E-state index is 0.0481. The highest BCUT2D eigenvalue weighted by Crippen LogP contribution is 2.30. The second-order valence-corrected chi connectivity index (χ2v) is 4.23. The minimum Gasteiger partial charge on any atom is -0.352 e. The van der Waals surface area contributed by atoms with Crippen LogP contribution in [0.25, 0.3) is 0 Å². The number of anilines is 2. The molecule has 0 heterocycles. The second-order valence-electron chi connectivity index (χ2n) is 3.82. The number of nitro groups is 1. The molecule has 0 saturated carbocycles. The van der Waals surface area contributed by atoms with Gasteiger partial charge in [-0.1, -0.05) is 17.7 Å². The molecule has 0 bridgehead atoms. The Bertz CT molecular complexity index is 708. The van der Waals surface area contributed by atoms with E-state index in [0.717, 1.165) is 0 Å². The predicted octanol–water partition coefficient (Wildman–Crippen LogP) is 4.00. The summed E-state index contributed by atoms with van der Waals surface area (Å²) >= 11 is 5.86.